The van der Waals surface area contributed by atoms with Gasteiger partial charge in [0.2, 0.25) is 5.75 Å². The van der Waals surface area contributed by atoms with Crippen LogP contribution in [0.2, 0.25) is 0 Å². The fourth-order valence-electron chi connectivity index (χ4n) is 2.49. The molecule has 0 heterocycles. The SMILES string of the molecule is COc1cc(/C=N\NC(=S)Nc2c(C)cccc2C)cc(OC)c1OC. The molecule has 0 aliphatic carbocycles. The second-order valence-corrected chi connectivity index (χ2v) is 5.96. The van der Waals surface area contributed by atoms with Crippen molar-refractivity contribution in [3.8, 4) is 17.2 Å². The van der Waals surface area contributed by atoms with E-state index in [1.165, 1.54) is 0 Å². The molecule has 0 amide bonds. The van der Waals surface area contributed by atoms with Crippen molar-refractivity contribution in [3.05, 3.63) is 47.0 Å². The maximum absolute atomic E-state index is 5.33. The molecule has 0 aliphatic heterocycles. The predicted molar refractivity (Wildman–Crippen MR) is 109 cm³/mol. The molecule has 0 saturated carbocycles. The predicted octanol–water partition coefficient (Wildman–Crippen LogP) is 3.65. The Kier molecular flexibility index (Phi) is 6.80. The maximum Gasteiger partial charge on any atom is 0.203 e. The molecule has 6 nitrogen and oxygen atoms in total. The lowest BCUT2D eigenvalue weighted by atomic mass is 10.1. The van der Waals surface area contributed by atoms with Gasteiger partial charge in [0.05, 0.1) is 27.5 Å². The van der Waals surface area contributed by atoms with Gasteiger partial charge in [-0.1, -0.05) is 18.2 Å². The van der Waals surface area contributed by atoms with Crippen molar-refractivity contribution < 1.29 is 14.2 Å². The lowest BCUT2D eigenvalue weighted by Gasteiger charge is -2.13. The molecule has 0 aromatic heterocycles. The van der Waals surface area contributed by atoms with Crippen LogP contribution in [0.15, 0.2) is 35.4 Å². The number of aryl methyl sites for hydroxylation is 2. The molecule has 0 unspecified atom stereocenters. The second kappa shape index (κ2) is 9.05. The second-order valence-electron chi connectivity index (χ2n) is 5.55. The molecule has 2 aromatic rings. The Morgan fingerprint density at radius 2 is 1.58 bits per heavy atom. The van der Waals surface area contributed by atoms with E-state index >= 15 is 0 Å². The maximum atomic E-state index is 5.33. The fraction of sp³-hybridized carbons (Fsp3) is 0.263. The van der Waals surface area contributed by atoms with E-state index in [2.05, 4.69) is 15.8 Å². The van der Waals surface area contributed by atoms with Crippen LogP contribution in [0.5, 0.6) is 17.2 Å². The normalized spacial score (nSPS) is 10.5. The van der Waals surface area contributed by atoms with Gasteiger partial charge < -0.3 is 19.5 Å². The Hall–Kier alpha value is -2.80. The first-order chi connectivity index (χ1) is 12.5. The Morgan fingerprint density at radius 1 is 1.00 bits per heavy atom. The summed E-state index contributed by atoms with van der Waals surface area (Å²) in [6.07, 6.45) is 1.63. The van der Waals surface area contributed by atoms with Crippen LogP contribution in [0.1, 0.15) is 16.7 Å². The number of benzene rings is 2. The lowest BCUT2D eigenvalue weighted by Crippen LogP contribution is -2.24. The number of methoxy groups -OCH3 is 3. The van der Waals surface area contributed by atoms with Gasteiger partial charge in [0.1, 0.15) is 0 Å². The van der Waals surface area contributed by atoms with E-state index in [9.17, 15) is 0 Å². The summed E-state index contributed by atoms with van der Waals surface area (Å²) >= 11 is 5.30. The van der Waals surface area contributed by atoms with E-state index in [1.807, 2.05) is 32.0 Å². The van der Waals surface area contributed by atoms with Crippen molar-refractivity contribution >= 4 is 29.2 Å². The molecule has 2 N–H and O–H groups in total. The minimum absolute atomic E-state index is 0.408. The third kappa shape index (κ3) is 4.64. The number of nitrogens with one attached hydrogen (secondary N) is 2. The third-order valence-corrected chi connectivity index (χ3v) is 3.98. The molecular formula is C19H23N3O3S. The van der Waals surface area contributed by atoms with Gasteiger partial charge in [-0.3, -0.25) is 5.43 Å². The molecule has 0 atom stereocenters. The third-order valence-electron chi connectivity index (χ3n) is 3.79. The molecule has 138 valence electrons. The van der Waals surface area contributed by atoms with Crippen molar-refractivity contribution in [2.45, 2.75) is 13.8 Å². The van der Waals surface area contributed by atoms with Gasteiger partial charge in [0, 0.05) is 11.3 Å². The van der Waals surface area contributed by atoms with E-state index < -0.39 is 0 Å². The number of hydrazone groups is 1. The van der Waals surface area contributed by atoms with Crippen LogP contribution in [0, 0.1) is 13.8 Å². The molecule has 2 rings (SSSR count). The van der Waals surface area contributed by atoms with E-state index in [0.717, 1.165) is 22.4 Å². The zero-order valence-electron chi connectivity index (χ0n) is 15.5. The largest absolute Gasteiger partial charge is 0.493 e. The Bertz CT molecular complexity index is 776. The summed E-state index contributed by atoms with van der Waals surface area (Å²) in [5.74, 6) is 1.65. The summed E-state index contributed by atoms with van der Waals surface area (Å²) in [5, 5.41) is 7.75. The zero-order chi connectivity index (χ0) is 19.1. The summed E-state index contributed by atoms with van der Waals surface area (Å²) < 4.78 is 16.0. The first-order valence-corrected chi connectivity index (χ1v) is 8.37. The lowest BCUT2D eigenvalue weighted by molar-refractivity contribution is 0.324. The van der Waals surface area contributed by atoms with Crippen LogP contribution < -0.4 is 25.0 Å². The Balaban J connectivity index is 2.09. The number of hydrogen-bond acceptors (Lipinski definition) is 5. The highest BCUT2D eigenvalue weighted by atomic mass is 32.1. The van der Waals surface area contributed by atoms with Crippen molar-refractivity contribution in [1.29, 1.82) is 0 Å². The van der Waals surface area contributed by atoms with E-state index in [4.69, 9.17) is 26.4 Å². The van der Waals surface area contributed by atoms with Crippen molar-refractivity contribution in [1.82, 2.24) is 5.43 Å². The van der Waals surface area contributed by atoms with Crippen molar-refractivity contribution in [2.24, 2.45) is 5.10 Å². The van der Waals surface area contributed by atoms with Crippen LogP contribution in [0.3, 0.4) is 0 Å². The molecule has 0 fully saturated rings. The van der Waals surface area contributed by atoms with Crippen LogP contribution in [-0.4, -0.2) is 32.7 Å². The smallest absolute Gasteiger partial charge is 0.203 e. The van der Waals surface area contributed by atoms with Crippen molar-refractivity contribution in [2.75, 3.05) is 26.6 Å². The van der Waals surface area contributed by atoms with Gasteiger partial charge in [-0.25, -0.2) is 0 Å². The molecule has 0 spiro atoms. The van der Waals surface area contributed by atoms with E-state index in [1.54, 1.807) is 39.7 Å². The summed E-state index contributed by atoms with van der Waals surface area (Å²) in [5.41, 5.74) is 6.80. The summed E-state index contributed by atoms with van der Waals surface area (Å²) in [6.45, 7) is 4.05. The van der Waals surface area contributed by atoms with E-state index in [-0.39, 0.29) is 0 Å². The van der Waals surface area contributed by atoms with Gasteiger partial charge >= 0.3 is 0 Å². The van der Waals surface area contributed by atoms with Crippen LogP contribution in [0.25, 0.3) is 0 Å². The van der Waals surface area contributed by atoms with Gasteiger partial charge in [-0.2, -0.15) is 5.10 Å². The van der Waals surface area contributed by atoms with Gasteiger partial charge in [-0.15, -0.1) is 0 Å². The number of nitrogens with zero attached hydrogens (tertiary/aromatic N) is 1. The first-order valence-electron chi connectivity index (χ1n) is 7.96. The molecular weight excluding hydrogens is 350 g/mol. The minimum Gasteiger partial charge on any atom is -0.493 e. The summed E-state index contributed by atoms with van der Waals surface area (Å²) in [7, 11) is 4.70. The highest BCUT2D eigenvalue weighted by molar-refractivity contribution is 7.80. The summed E-state index contributed by atoms with van der Waals surface area (Å²) in [6, 6.07) is 9.66. The topological polar surface area (TPSA) is 64.1 Å². The monoisotopic (exact) mass is 373 g/mol. The minimum atomic E-state index is 0.408. The number of anilines is 1. The number of rotatable bonds is 6. The average Bonchev–Trinajstić information content (AvgIpc) is 2.63. The standard InChI is InChI=1S/C19H23N3O3S/c1-12-7-6-8-13(2)17(12)21-19(26)22-20-11-14-9-15(23-3)18(25-5)16(10-14)24-4/h6-11H,1-5H3,(H2,21,22,26)/b20-11-. The molecule has 0 radical (unpaired) electrons. The zero-order valence-corrected chi connectivity index (χ0v) is 16.4. The van der Waals surface area contributed by atoms with E-state index in [0.29, 0.717) is 22.4 Å². The fourth-order valence-corrected chi connectivity index (χ4v) is 2.65. The van der Waals surface area contributed by atoms with Gasteiger partial charge in [0.15, 0.2) is 16.6 Å². The number of thiocarbonyl (C=S) groups is 1. The number of hydrogen-bond donors (Lipinski definition) is 2. The Labute approximate surface area is 159 Å². The molecule has 0 bridgehead atoms. The van der Waals surface area contributed by atoms with Gasteiger partial charge in [0.25, 0.3) is 0 Å². The number of para-hydroxylation sites is 1. The van der Waals surface area contributed by atoms with Crippen molar-refractivity contribution in [3.63, 3.8) is 0 Å². The highest BCUT2D eigenvalue weighted by Crippen LogP contribution is 2.37. The van der Waals surface area contributed by atoms with Crippen LogP contribution in [0.4, 0.5) is 5.69 Å². The number of ether oxygens (including phenoxy) is 3. The quantitative estimate of drug-likeness (QED) is 0.458. The van der Waals surface area contributed by atoms with Crippen LogP contribution >= 0.6 is 12.2 Å². The molecule has 0 saturated heterocycles. The van der Waals surface area contributed by atoms with Gasteiger partial charge in [-0.05, 0) is 49.3 Å². The highest BCUT2D eigenvalue weighted by Gasteiger charge is 2.12. The van der Waals surface area contributed by atoms with Crippen LogP contribution in [-0.2, 0) is 0 Å². The average molecular weight is 373 g/mol. The molecule has 0 aliphatic rings. The Morgan fingerprint density at radius 3 is 2.08 bits per heavy atom. The molecule has 7 heteroatoms. The molecule has 26 heavy (non-hydrogen) atoms. The summed E-state index contributed by atoms with van der Waals surface area (Å²) in [4.78, 5) is 0. The molecule has 2 aromatic carbocycles. The first kappa shape index (κ1) is 19.5.